The third-order valence-corrected chi connectivity index (χ3v) is 6.08. The zero-order valence-corrected chi connectivity index (χ0v) is 13.6. The van der Waals surface area contributed by atoms with Gasteiger partial charge in [-0.1, -0.05) is 12.8 Å². The summed E-state index contributed by atoms with van der Waals surface area (Å²) < 4.78 is 33.4. The van der Waals surface area contributed by atoms with Gasteiger partial charge in [-0.15, -0.1) is 0 Å². The predicted octanol–water partition coefficient (Wildman–Crippen LogP) is 1.68. The number of sulfonamides is 1. The molecule has 118 valence electrons. The van der Waals surface area contributed by atoms with E-state index in [-0.39, 0.29) is 10.6 Å². The number of carbonyl (C=O) groups is 1. The van der Waals surface area contributed by atoms with Crippen LogP contribution in [0.4, 0.5) is 0 Å². The van der Waals surface area contributed by atoms with Crippen LogP contribution in [-0.4, -0.2) is 43.5 Å². The molecular weight excluding hydrogens is 292 g/mol. The molecule has 0 aliphatic carbocycles. The first-order valence-corrected chi connectivity index (χ1v) is 8.58. The van der Waals surface area contributed by atoms with Crippen LogP contribution in [0.1, 0.15) is 41.9 Å². The van der Waals surface area contributed by atoms with E-state index in [0.717, 1.165) is 25.7 Å². The van der Waals surface area contributed by atoms with Crippen LogP contribution in [0, 0.1) is 6.92 Å². The molecule has 1 saturated heterocycles. The zero-order valence-electron chi connectivity index (χ0n) is 12.8. The molecule has 7 heteroatoms. The number of hydrogen-bond acceptors (Lipinski definition) is 4. The molecule has 1 aliphatic rings. The van der Waals surface area contributed by atoms with E-state index in [9.17, 15) is 13.2 Å². The van der Waals surface area contributed by atoms with Crippen LogP contribution < -0.4 is 0 Å². The lowest BCUT2D eigenvalue weighted by atomic mass is 10.2. The SMILES string of the molecule is COC(=O)c1cc(S(=O)(=O)N2CCCCCC2)c(C)n1C. The fourth-order valence-electron chi connectivity index (χ4n) is 2.65. The van der Waals surface area contributed by atoms with Gasteiger partial charge in [0.2, 0.25) is 10.0 Å². The maximum absolute atomic E-state index is 12.8. The third kappa shape index (κ3) is 2.98. The highest BCUT2D eigenvalue weighted by Gasteiger charge is 2.30. The van der Waals surface area contributed by atoms with E-state index in [2.05, 4.69) is 0 Å². The van der Waals surface area contributed by atoms with E-state index in [0.29, 0.717) is 18.8 Å². The van der Waals surface area contributed by atoms with Crippen LogP contribution in [0.2, 0.25) is 0 Å². The van der Waals surface area contributed by atoms with Crippen LogP contribution >= 0.6 is 0 Å². The number of aromatic nitrogens is 1. The Kier molecular flexibility index (Phi) is 4.73. The number of hydrogen-bond donors (Lipinski definition) is 0. The van der Waals surface area contributed by atoms with Crippen LogP contribution in [0.25, 0.3) is 0 Å². The molecule has 0 N–H and O–H groups in total. The minimum absolute atomic E-state index is 0.201. The Bertz CT molecular complexity index is 626. The molecule has 0 aromatic carbocycles. The summed E-state index contributed by atoms with van der Waals surface area (Å²) in [6.07, 6.45) is 3.89. The summed E-state index contributed by atoms with van der Waals surface area (Å²) in [7, 11) is -0.600. The van der Waals surface area contributed by atoms with Crippen molar-refractivity contribution >= 4 is 16.0 Å². The molecule has 0 saturated carbocycles. The normalized spacial score (nSPS) is 17.5. The topological polar surface area (TPSA) is 68.6 Å². The second-order valence-electron chi connectivity index (χ2n) is 5.35. The lowest BCUT2D eigenvalue weighted by Gasteiger charge is -2.19. The van der Waals surface area contributed by atoms with Crippen molar-refractivity contribution in [3.8, 4) is 0 Å². The molecule has 0 amide bonds. The van der Waals surface area contributed by atoms with Crippen LogP contribution in [0.3, 0.4) is 0 Å². The van der Waals surface area contributed by atoms with Crippen molar-refractivity contribution in [1.29, 1.82) is 0 Å². The molecule has 1 aliphatic heterocycles. The maximum atomic E-state index is 12.8. The maximum Gasteiger partial charge on any atom is 0.354 e. The number of nitrogens with zero attached hydrogens (tertiary/aromatic N) is 2. The summed E-state index contributed by atoms with van der Waals surface area (Å²) >= 11 is 0. The van der Waals surface area contributed by atoms with Gasteiger partial charge in [0, 0.05) is 25.8 Å². The highest BCUT2D eigenvalue weighted by molar-refractivity contribution is 7.89. The summed E-state index contributed by atoms with van der Waals surface area (Å²) in [5.74, 6) is -0.530. The molecule has 21 heavy (non-hydrogen) atoms. The van der Waals surface area contributed by atoms with E-state index >= 15 is 0 Å². The van der Waals surface area contributed by atoms with Gasteiger partial charge < -0.3 is 9.30 Å². The lowest BCUT2D eigenvalue weighted by molar-refractivity contribution is 0.0589. The van der Waals surface area contributed by atoms with E-state index < -0.39 is 16.0 Å². The molecular formula is C14H22N2O4S. The number of rotatable bonds is 3. The highest BCUT2D eigenvalue weighted by atomic mass is 32.2. The predicted molar refractivity (Wildman–Crippen MR) is 78.7 cm³/mol. The zero-order chi connectivity index (χ0) is 15.6. The molecule has 2 heterocycles. The van der Waals surface area contributed by atoms with Crippen molar-refractivity contribution < 1.29 is 17.9 Å². The van der Waals surface area contributed by atoms with Crippen molar-refractivity contribution in [1.82, 2.24) is 8.87 Å². The summed E-state index contributed by atoms with van der Waals surface area (Å²) in [5.41, 5.74) is 0.808. The van der Waals surface area contributed by atoms with Gasteiger partial charge >= 0.3 is 5.97 Å². The van der Waals surface area contributed by atoms with E-state index in [4.69, 9.17) is 4.74 Å². The van der Waals surface area contributed by atoms with Gasteiger partial charge in [0.05, 0.1) is 7.11 Å². The molecule has 1 aromatic heterocycles. The molecule has 2 rings (SSSR count). The molecule has 0 radical (unpaired) electrons. The Morgan fingerprint density at radius 2 is 1.76 bits per heavy atom. The number of ether oxygens (including phenoxy) is 1. The van der Waals surface area contributed by atoms with Crippen molar-refractivity contribution in [3.63, 3.8) is 0 Å². The third-order valence-electron chi connectivity index (χ3n) is 4.07. The van der Waals surface area contributed by atoms with E-state index in [1.807, 2.05) is 0 Å². The second kappa shape index (κ2) is 6.19. The number of esters is 1. The largest absolute Gasteiger partial charge is 0.464 e. The summed E-state index contributed by atoms with van der Waals surface area (Å²) in [5, 5.41) is 0. The minimum Gasteiger partial charge on any atom is -0.464 e. The van der Waals surface area contributed by atoms with Crippen molar-refractivity contribution in [2.24, 2.45) is 7.05 Å². The highest BCUT2D eigenvalue weighted by Crippen LogP contribution is 2.25. The van der Waals surface area contributed by atoms with Crippen LogP contribution in [0.5, 0.6) is 0 Å². The van der Waals surface area contributed by atoms with E-state index in [1.165, 1.54) is 17.5 Å². The molecule has 6 nitrogen and oxygen atoms in total. The Labute approximate surface area is 125 Å². The van der Waals surface area contributed by atoms with Gasteiger partial charge in [-0.2, -0.15) is 4.31 Å². The van der Waals surface area contributed by atoms with Gasteiger partial charge in [-0.3, -0.25) is 0 Å². The number of carbonyl (C=O) groups excluding carboxylic acids is 1. The Morgan fingerprint density at radius 3 is 2.29 bits per heavy atom. The fraction of sp³-hybridized carbons (Fsp3) is 0.643. The van der Waals surface area contributed by atoms with Gasteiger partial charge in [-0.25, -0.2) is 13.2 Å². The minimum atomic E-state index is -3.55. The van der Waals surface area contributed by atoms with Crippen LogP contribution in [-0.2, 0) is 21.8 Å². The standard InChI is InChI=1S/C14H22N2O4S/c1-11-13(10-12(15(11)2)14(17)20-3)21(18,19)16-8-6-4-5-7-9-16/h10H,4-9H2,1-3H3. The molecule has 1 aromatic rings. The van der Waals surface area contributed by atoms with Crippen LogP contribution in [0.15, 0.2) is 11.0 Å². The molecule has 0 spiro atoms. The monoisotopic (exact) mass is 314 g/mol. The summed E-state index contributed by atoms with van der Waals surface area (Å²) in [4.78, 5) is 11.9. The smallest absolute Gasteiger partial charge is 0.354 e. The van der Waals surface area contributed by atoms with Crippen molar-refractivity contribution in [2.45, 2.75) is 37.5 Å². The average Bonchev–Trinajstić information content (AvgIpc) is 2.67. The Balaban J connectivity index is 2.42. The first-order valence-electron chi connectivity index (χ1n) is 7.14. The van der Waals surface area contributed by atoms with E-state index in [1.54, 1.807) is 18.5 Å². The van der Waals surface area contributed by atoms with Crippen molar-refractivity contribution in [2.75, 3.05) is 20.2 Å². The average molecular weight is 314 g/mol. The lowest BCUT2D eigenvalue weighted by Crippen LogP contribution is -2.32. The van der Waals surface area contributed by atoms with Gasteiger partial charge in [0.15, 0.2) is 0 Å². The summed E-state index contributed by atoms with van der Waals surface area (Å²) in [6, 6.07) is 1.42. The van der Waals surface area contributed by atoms with Gasteiger partial charge in [0.25, 0.3) is 0 Å². The molecule has 0 bridgehead atoms. The Hall–Kier alpha value is -1.34. The van der Waals surface area contributed by atoms with Crippen molar-refractivity contribution in [3.05, 3.63) is 17.5 Å². The first-order chi connectivity index (χ1) is 9.89. The Morgan fingerprint density at radius 1 is 1.19 bits per heavy atom. The second-order valence-corrected chi connectivity index (χ2v) is 7.25. The molecule has 0 atom stereocenters. The molecule has 1 fully saturated rings. The number of methoxy groups -OCH3 is 1. The first kappa shape index (κ1) is 16.0. The van der Waals surface area contributed by atoms with Gasteiger partial charge in [0.1, 0.15) is 10.6 Å². The summed E-state index contributed by atoms with van der Waals surface area (Å²) in [6.45, 7) is 2.80. The van der Waals surface area contributed by atoms with Gasteiger partial charge in [-0.05, 0) is 25.8 Å². The quantitative estimate of drug-likeness (QED) is 0.796. The fourth-order valence-corrected chi connectivity index (χ4v) is 4.44. The molecule has 0 unspecified atom stereocenters.